The predicted molar refractivity (Wildman–Crippen MR) is 92.8 cm³/mol. The molecule has 0 atom stereocenters. The van der Waals surface area contributed by atoms with E-state index in [2.05, 4.69) is 15.9 Å². The van der Waals surface area contributed by atoms with Crippen LogP contribution in [0.4, 0.5) is 5.69 Å². The van der Waals surface area contributed by atoms with E-state index in [-0.39, 0.29) is 21.8 Å². The molecular formula is C15H8BrCl2NO4. The highest BCUT2D eigenvalue weighted by molar-refractivity contribution is 9.10. The molecule has 0 saturated carbocycles. The van der Waals surface area contributed by atoms with Gasteiger partial charge in [0.05, 0.1) is 16.1 Å². The Morgan fingerprint density at radius 2 is 1.91 bits per heavy atom. The Labute approximate surface area is 149 Å². The minimum absolute atomic E-state index is 0.0169. The summed E-state index contributed by atoms with van der Waals surface area (Å²) >= 11 is 15.0. The first-order chi connectivity index (χ1) is 10.8. The fraction of sp³-hybridized carbons (Fsp3) is 0. The van der Waals surface area contributed by atoms with Crippen LogP contribution in [0.3, 0.4) is 0 Å². The number of carboxylic acid groups (broad SMARTS) is 1. The summed E-state index contributed by atoms with van der Waals surface area (Å²) in [5.41, 5.74) is -0.186. The lowest BCUT2D eigenvalue weighted by Crippen LogP contribution is -2.03. The summed E-state index contributed by atoms with van der Waals surface area (Å²) in [5, 5.41) is 21.3. The molecule has 0 fully saturated rings. The van der Waals surface area contributed by atoms with E-state index >= 15 is 0 Å². The third-order valence-electron chi connectivity index (χ3n) is 2.94. The lowest BCUT2D eigenvalue weighted by Gasteiger charge is -2.06. The van der Waals surface area contributed by atoms with Crippen LogP contribution in [0.15, 0.2) is 40.9 Å². The highest BCUT2D eigenvalue weighted by Gasteiger charge is 2.22. The van der Waals surface area contributed by atoms with Gasteiger partial charge in [0.15, 0.2) is 0 Å². The second kappa shape index (κ2) is 7.12. The maximum Gasteiger partial charge on any atom is 0.336 e. The minimum Gasteiger partial charge on any atom is -0.478 e. The molecule has 0 aliphatic carbocycles. The Kier molecular flexibility index (Phi) is 5.41. The van der Waals surface area contributed by atoms with Crippen molar-refractivity contribution < 1.29 is 14.8 Å². The molecule has 5 nitrogen and oxygen atoms in total. The first kappa shape index (κ1) is 17.5. The van der Waals surface area contributed by atoms with Crippen LogP contribution >= 0.6 is 39.1 Å². The van der Waals surface area contributed by atoms with Crippen LogP contribution in [-0.2, 0) is 4.79 Å². The Morgan fingerprint density at radius 3 is 2.48 bits per heavy atom. The Morgan fingerprint density at radius 1 is 1.22 bits per heavy atom. The van der Waals surface area contributed by atoms with Crippen LogP contribution in [0, 0.1) is 10.1 Å². The van der Waals surface area contributed by atoms with E-state index in [1.807, 2.05) is 0 Å². The number of nitro benzene ring substituents is 1. The number of rotatable bonds is 4. The van der Waals surface area contributed by atoms with Gasteiger partial charge in [-0.25, -0.2) is 4.79 Å². The van der Waals surface area contributed by atoms with Gasteiger partial charge in [-0.15, -0.1) is 0 Å². The molecule has 2 aromatic rings. The molecular weight excluding hydrogens is 409 g/mol. The summed E-state index contributed by atoms with van der Waals surface area (Å²) in [7, 11) is 0. The fourth-order valence-corrected chi connectivity index (χ4v) is 2.72. The summed E-state index contributed by atoms with van der Waals surface area (Å²) in [6.45, 7) is 0. The van der Waals surface area contributed by atoms with Gasteiger partial charge in [0.2, 0.25) is 0 Å². The van der Waals surface area contributed by atoms with Crippen molar-refractivity contribution in [1.82, 2.24) is 0 Å². The number of aliphatic carboxylic acids is 1. The van der Waals surface area contributed by atoms with Gasteiger partial charge in [0.25, 0.3) is 5.69 Å². The maximum atomic E-state index is 11.6. The largest absolute Gasteiger partial charge is 0.478 e. The van der Waals surface area contributed by atoms with Crippen molar-refractivity contribution in [2.75, 3.05) is 0 Å². The van der Waals surface area contributed by atoms with E-state index in [0.717, 1.165) is 0 Å². The van der Waals surface area contributed by atoms with E-state index in [9.17, 15) is 20.0 Å². The lowest BCUT2D eigenvalue weighted by molar-refractivity contribution is -0.385. The minimum atomic E-state index is -1.30. The number of carboxylic acids is 1. The zero-order chi connectivity index (χ0) is 17.1. The van der Waals surface area contributed by atoms with Crippen LogP contribution in [0.5, 0.6) is 0 Å². The molecule has 0 aliphatic rings. The number of hydrogen-bond donors (Lipinski definition) is 1. The Balaban J connectivity index is 2.66. The highest BCUT2D eigenvalue weighted by atomic mass is 79.9. The summed E-state index contributed by atoms with van der Waals surface area (Å²) < 4.78 is 0.474. The number of benzene rings is 2. The molecule has 8 heteroatoms. The monoisotopic (exact) mass is 415 g/mol. The Bertz CT molecular complexity index is 836. The molecule has 118 valence electrons. The molecule has 0 amide bonds. The van der Waals surface area contributed by atoms with Crippen molar-refractivity contribution in [1.29, 1.82) is 0 Å². The van der Waals surface area contributed by atoms with Gasteiger partial charge in [-0.2, -0.15) is 0 Å². The van der Waals surface area contributed by atoms with Crippen molar-refractivity contribution >= 4 is 62.4 Å². The number of nitrogens with zero attached hydrogens (tertiary/aromatic N) is 1. The smallest absolute Gasteiger partial charge is 0.336 e. The molecule has 0 unspecified atom stereocenters. The number of halogens is 3. The average molecular weight is 417 g/mol. The molecule has 0 aromatic heterocycles. The standard InChI is InChI=1S/C15H8BrCl2NO4/c16-9-2-4-11(14(6-9)19(22)23)12(15(20)21)5-8-1-3-10(17)7-13(8)18/h1-7H,(H,20,21)/b12-5-. The molecule has 0 radical (unpaired) electrons. The zero-order valence-corrected chi connectivity index (χ0v) is 14.4. The molecule has 0 saturated heterocycles. The maximum absolute atomic E-state index is 11.6. The Hall–Kier alpha value is -1.89. The third kappa shape index (κ3) is 4.10. The molecule has 2 rings (SSSR count). The normalized spacial score (nSPS) is 11.3. The highest BCUT2D eigenvalue weighted by Crippen LogP contribution is 2.32. The van der Waals surface area contributed by atoms with Gasteiger partial charge in [-0.3, -0.25) is 10.1 Å². The molecule has 23 heavy (non-hydrogen) atoms. The average Bonchev–Trinajstić information content (AvgIpc) is 2.46. The topological polar surface area (TPSA) is 80.4 Å². The van der Waals surface area contributed by atoms with E-state index in [1.165, 1.54) is 36.4 Å². The SMILES string of the molecule is O=C(O)/C(=C\c1ccc(Cl)cc1Cl)c1ccc(Br)cc1[N+](=O)[O-]. The van der Waals surface area contributed by atoms with Gasteiger partial charge in [0.1, 0.15) is 0 Å². The van der Waals surface area contributed by atoms with E-state index < -0.39 is 10.9 Å². The second-order valence-electron chi connectivity index (χ2n) is 4.45. The predicted octanol–water partition coefficient (Wildman–Crippen LogP) is 5.29. The van der Waals surface area contributed by atoms with Crippen LogP contribution < -0.4 is 0 Å². The summed E-state index contributed by atoms with van der Waals surface area (Å²) in [4.78, 5) is 22.1. The van der Waals surface area contributed by atoms with Crippen LogP contribution in [0.2, 0.25) is 10.0 Å². The number of hydrogen-bond acceptors (Lipinski definition) is 3. The van der Waals surface area contributed by atoms with Crippen molar-refractivity contribution in [2.45, 2.75) is 0 Å². The van der Waals surface area contributed by atoms with E-state index in [0.29, 0.717) is 15.1 Å². The summed E-state index contributed by atoms with van der Waals surface area (Å²) in [6.07, 6.45) is 1.28. The summed E-state index contributed by atoms with van der Waals surface area (Å²) in [5.74, 6) is -1.30. The fourth-order valence-electron chi connectivity index (χ4n) is 1.91. The van der Waals surface area contributed by atoms with Crippen molar-refractivity contribution in [3.63, 3.8) is 0 Å². The van der Waals surface area contributed by atoms with Crippen LogP contribution in [0.1, 0.15) is 11.1 Å². The van der Waals surface area contributed by atoms with Crippen molar-refractivity contribution in [3.05, 3.63) is 72.2 Å². The zero-order valence-electron chi connectivity index (χ0n) is 11.3. The second-order valence-corrected chi connectivity index (χ2v) is 6.21. The molecule has 0 bridgehead atoms. The molecule has 1 N–H and O–H groups in total. The van der Waals surface area contributed by atoms with E-state index in [4.69, 9.17) is 23.2 Å². The lowest BCUT2D eigenvalue weighted by atomic mass is 10.0. The van der Waals surface area contributed by atoms with Crippen molar-refractivity contribution in [3.8, 4) is 0 Å². The van der Waals surface area contributed by atoms with Crippen LogP contribution in [-0.4, -0.2) is 16.0 Å². The van der Waals surface area contributed by atoms with Crippen LogP contribution in [0.25, 0.3) is 11.6 Å². The van der Waals surface area contributed by atoms with E-state index in [1.54, 1.807) is 6.07 Å². The first-order valence-electron chi connectivity index (χ1n) is 6.14. The molecule has 0 spiro atoms. The molecule has 2 aromatic carbocycles. The van der Waals surface area contributed by atoms with Gasteiger partial charge >= 0.3 is 5.97 Å². The molecule has 0 heterocycles. The number of nitro groups is 1. The third-order valence-corrected chi connectivity index (χ3v) is 4.00. The van der Waals surface area contributed by atoms with Gasteiger partial charge in [0, 0.05) is 20.6 Å². The summed E-state index contributed by atoms with van der Waals surface area (Å²) in [6, 6.07) is 8.70. The first-order valence-corrected chi connectivity index (χ1v) is 7.69. The quantitative estimate of drug-likeness (QED) is 0.317. The van der Waals surface area contributed by atoms with Crippen molar-refractivity contribution in [2.24, 2.45) is 0 Å². The van der Waals surface area contributed by atoms with Gasteiger partial charge in [-0.1, -0.05) is 45.2 Å². The van der Waals surface area contributed by atoms with Gasteiger partial charge in [-0.05, 0) is 35.9 Å². The number of carbonyl (C=O) groups is 1. The molecule has 0 aliphatic heterocycles. The van der Waals surface area contributed by atoms with Gasteiger partial charge < -0.3 is 5.11 Å².